The first-order valence-corrected chi connectivity index (χ1v) is 9.30. The van der Waals surface area contributed by atoms with Crippen LogP contribution in [0.25, 0.3) is 10.2 Å². The van der Waals surface area contributed by atoms with Gasteiger partial charge < -0.3 is 15.2 Å². The van der Waals surface area contributed by atoms with E-state index in [0.717, 1.165) is 25.2 Å². The molecule has 2 aromatic rings. The molecule has 0 unspecified atom stereocenters. The van der Waals surface area contributed by atoms with Crippen LogP contribution in [0.3, 0.4) is 0 Å². The maximum atomic E-state index is 12.4. The Hall–Kier alpha value is -1.89. The molecule has 2 amide bonds. The van der Waals surface area contributed by atoms with Crippen molar-refractivity contribution in [2.24, 2.45) is 11.8 Å². The van der Waals surface area contributed by atoms with Crippen molar-refractivity contribution < 1.29 is 4.79 Å². The molecule has 1 saturated carbocycles. The van der Waals surface area contributed by atoms with Gasteiger partial charge in [-0.1, -0.05) is 13.8 Å². The molecular formula is C17H24N4O2S. The summed E-state index contributed by atoms with van der Waals surface area (Å²) in [4.78, 5) is 33.1. The highest BCUT2D eigenvalue weighted by atomic mass is 32.1. The SMILES string of the molecule is C[C@@H]1CC[C@H](NC(=O)N(C)Cc2nc3ccsc3c(=O)[nH]2)C[C@H]1C. The number of fused-ring (bicyclic) bond motifs is 1. The molecule has 0 spiro atoms. The average molecular weight is 348 g/mol. The van der Waals surface area contributed by atoms with E-state index in [1.807, 2.05) is 11.4 Å². The lowest BCUT2D eigenvalue weighted by molar-refractivity contribution is 0.183. The normalized spacial score (nSPS) is 24.0. The van der Waals surface area contributed by atoms with Gasteiger partial charge in [0.15, 0.2) is 0 Å². The number of amides is 2. The third-order valence-electron chi connectivity index (χ3n) is 5.02. The molecule has 3 atom stereocenters. The summed E-state index contributed by atoms with van der Waals surface area (Å²) in [7, 11) is 1.72. The van der Waals surface area contributed by atoms with Gasteiger partial charge in [0, 0.05) is 13.1 Å². The number of carbonyl (C=O) groups is 1. The zero-order valence-electron chi connectivity index (χ0n) is 14.3. The predicted octanol–water partition coefficient (Wildman–Crippen LogP) is 2.95. The summed E-state index contributed by atoms with van der Waals surface area (Å²) in [6.07, 6.45) is 3.21. The summed E-state index contributed by atoms with van der Waals surface area (Å²) in [5.41, 5.74) is 0.538. The van der Waals surface area contributed by atoms with Gasteiger partial charge in [-0.05, 0) is 42.5 Å². The first kappa shape index (κ1) is 17.0. The van der Waals surface area contributed by atoms with E-state index >= 15 is 0 Å². The molecule has 0 aromatic carbocycles. The Labute approximate surface area is 145 Å². The van der Waals surface area contributed by atoms with Crippen LogP contribution in [0, 0.1) is 11.8 Å². The summed E-state index contributed by atoms with van der Waals surface area (Å²) in [6, 6.07) is 1.94. The number of hydrogen-bond acceptors (Lipinski definition) is 4. The van der Waals surface area contributed by atoms with Gasteiger partial charge in [-0.3, -0.25) is 4.79 Å². The number of hydrogen-bond donors (Lipinski definition) is 2. The second kappa shape index (κ2) is 6.93. The molecule has 130 valence electrons. The summed E-state index contributed by atoms with van der Waals surface area (Å²) in [6.45, 7) is 4.81. The van der Waals surface area contributed by atoms with Crippen molar-refractivity contribution in [2.45, 2.75) is 45.7 Å². The molecule has 0 bridgehead atoms. The van der Waals surface area contributed by atoms with Crippen LogP contribution in [0.4, 0.5) is 4.79 Å². The van der Waals surface area contributed by atoms with E-state index in [2.05, 4.69) is 29.1 Å². The fourth-order valence-electron chi connectivity index (χ4n) is 3.26. The minimum absolute atomic E-state index is 0.116. The summed E-state index contributed by atoms with van der Waals surface area (Å²) in [5, 5.41) is 4.95. The molecule has 2 heterocycles. The quantitative estimate of drug-likeness (QED) is 0.895. The monoisotopic (exact) mass is 348 g/mol. The van der Waals surface area contributed by atoms with Gasteiger partial charge in [-0.2, -0.15) is 0 Å². The number of aromatic nitrogens is 2. The lowest BCUT2D eigenvalue weighted by atomic mass is 9.79. The van der Waals surface area contributed by atoms with Crippen molar-refractivity contribution in [2.75, 3.05) is 7.05 Å². The molecule has 7 heteroatoms. The van der Waals surface area contributed by atoms with E-state index < -0.39 is 0 Å². The van der Waals surface area contributed by atoms with Crippen LogP contribution in [0.1, 0.15) is 38.9 Å². The highest BCUT2D eigenvalue weighted by Gasteiger charge is 2.26. The molecule has 0 radical (unpaired) electrons. The van der Waals surface area contributed by atoms with Crippen molar-refractivity contribution in [3.63, 3.8) is 0 Å². The predicted molar refractivity (Wildman–Crippen MR) is 96.2 cm³/mol. The first-order chi connectivity index (χ1) is 11.4. The number of carbonyl (C=O) groups excluding carboxylic acids is 1. The second-order valence-electron chi connectivity index (χ2n) is 6.92. The van der Waals surface area contributed by atoms with E-state index in [9.17, 15) is 9.59 Å². The summed E-state index contributed by atoms with van der Waals surface area (Å²) in [5.74, 6) is 1.87. The molecule has 0 saturated heterocycles. The van der Waals surface area contributed by atoms with Gasteiger partial charge in [-0.15, -0.1) is 11.3 Å². The Morgan fingerprint density at radius 2 is 2.21 bits per heavy atom. The Kier molecular flexibility index (Phi) is 4.89. The number of urea groups is 1. The van der Waals surface area contributed by atoms with Crippen molar-refractivity contribution in [3.05, 3.63) is 27.6 Å². The molecule has 3 rings (SSSR count). The third kappa shape index (κ3) is 3.61. The van der Waals surface area contributed by atoms with Crippen LogP contribution in [-0.4, -0.2) is 34.0 Å². The number of aromatic amines is 1. The molecule has 1 aliphatic rings. The Morgan fingerprint density at radius 1 is 1.42 bits per heavy atom. The smallest absolute Gasteiger partial charge is 0.317 e. The van der Waals surface area contributed by atoms with Crippen LogP contribution in [0.2, 0.25) is 0 Å². The molecule has 2 aromatic heterocycles. The zero-order chi connectivity index (χ0) is 17.3. The maximum Gasteiger partial charge on any atom is 0.317 e. The molecule has 2 N–H and O–H groups in total. The van der Waals surface area contributed by atoms with Crippen molar-refractivity contribution in [1.29, 1.82) is 0 Å². The average Bonchev–Trinajstić information content (AvgIpc) is 3.00. The van der Waals surface area contributed by atoms with E-state index in [0.29, 0.717) is 22.0 Å². The van der Waals surface area contributed by atoms with E-state index in [4.69, 9.17) is 0 Å². The fourth-order valence-corrected chi connectivity index (χ4v) is 3.98. The van der Waals surface area contributed by atoms with Crippen molar-refractivity contribution in [3.8, 4) is 0 Å². The Balaban J connectivity index is 1.62. The topological polar surface area (TPSA) is 78.1 Å². The number of thiophene rings is 1. The van der Waals surface area contributed by atoms with Gasteiger partial charge in [0.25, 0.3) is 5.56 Å². The molecule has 1 aliphatic carbocycles. The lowest BCUT2D eigenvalue weighted by Crippen LogP contribution is -2.45. The molecular weight excluding hydrogens is 324 g/mol. The van der Waals surface area contributed by atoms with Crippen LogP contribution in [0.5, 0.6) is 0 Å². The Morgan fingerprint density at radius 3 is 2.96 bits per heavy atom. The lowest BCUT2D eigenvalue weighted by Gasteiger charge is -2.33. The highest BCUT2D eigenvalue weighted by molar-refractivity contribution is 7.17. The zero-order valence-corrected chi connectivity index (χ0v) is 15.2. The molecule has 1 fully saturated rings. The Bertz CT molecular complexity index is 784. The second-order valence-corrected chi connectivity index (χ2v) is 7.83. The van der Waals surface area contributed by atoms with E-state index in [1.54, 1.807) is 11.9 Å². The van der Waals surface area contributed by atoms with Crippen molar-refractivity contribution >= 4 is 27.6 Å². The highest BCUT2D eigenvalue weighted by Crippen LogP contribution is 2.29. The van der Waals surface area contributed by atoms with Crippen LogP contribution in [0.15, 0.2) is 16.2 Å². The number of nitrogens with one attached hydrogen (secondary N) is 2. The number of nitrogens with zero attached hydrogens (tertiary/aromatic N) is 2. The van der Waals surface area contributed by atoms with Gasteiger partial charge >= 0.3 is 6.03 Å². The van der Waals surface area contributed by atoms with Crippen LogP contribution in [-0.2, 0) is 6.54 Å². The summed E-state index contributed by atoms with van der Waals surface area (Å²) >= 11 is 1.37. The van der Waals surface area contributed by atoms with Crippen LogP contribution < -0.4 is 10.9 Å². The van der Waals surface area contributed by atoms with Gasteiger partial charge in [-0.25, -0.2) is 9.78 Å². The van der Waals surface area contributed by atoms with Crippen LogP contribution >= 0.6 is 11.3 Å². The molecule has 0 aliphatic heterocycles. The standard InChI is InChI=1S/C17H24N4O2S/c1-10-4-5-12(8-11(10)2)18-17(23)21(3)9-14-19-13-6-7-24-15(13)16(22)20-14/h6-7,10-12H,4-5,8-9H2,1-3H3,(H,18,23)(H,19,20,22)/t10-,11-,12+/m1/s1. The first-order valence-electron chi connectivity index (χ1n) is 8.42. The largest absolute Gasteiger partial charge is 0.335 e. The van der Waals surface area contributed by atoms with Crippen molar-refractivity contribution in [1.82, 2.24) is 20.2 Å². The van der Waals surface area contributed by atoms with E-state index in [1.165, 1.54) is 11.3 Å². The van der Waals surface area contributed by atoms with Gasteiger partial charge in [0.05, 0.1) is 12.1 Å². The molecule has 6 nitrogen and oxygen atoms in total. The van der Waals surface area contributed by atoms with Gasteiger partial charge in [0.2, 0.25) is 0 Å². The number of rotatable bonds is 3. The minimum Gasteiger partial charge on any atom is -0.335 e. The summed E-state index contributed by atoms with van der Waals surface area (Å²) < 4.78 is 0.621. The number of H-pyrrole nitrogens is 1. The fraction of sp³-hybridized carbons (Fsp3) is 0.588. The maximum absolute atomic E-state index is 12.4. The van der Waals surface area contributed by atoms with Gasteiger partial charge in [0.1, 0.15) is 10.5 Å². The third-order valence-corrected chi connectivity index (χ3v) is 5.93. The minimum atomic E-state index is -0.145. The molecule has 24 heavy (non-hydrogen) atoms. The van der Waals surface area contributed by atoms with E-state index in [-0.39, 0.29) is 24.2 Å².